The molecule has 0 aliphatic carbocycles. The van der Waals surface area contributed by atoms with Crippen molar-refractivity contribution in [2.45, 2.75) is 33.5 Å². The highest BCUT2D eigenvalue weighted by Gasteiger charge is 2.03. The van der Waals surface area contributed by atoms with E-state index in [9.17, 15) is 4.79 Å². The van der Waals surface area contributed by atoms with E-state index in [4.69, 9.17) is 0 Å². The summed E-state index contributed by atoms with van der Waals surface area (Å²) in [5, 5.41) is 6.72. The molecule has 2 N–H and O–H groups in total. The number of aliphatic imine (C=N–C) groups is 1. The second-order valence-electron chi connectivity index (χ2n) is 7.19. The molecule has 0 saturated heterocycles. The van der Waals surface area contributed by atoms with Crippen LogP contribution in [-0.2, 0) is 19.6 Å². The van der Waals surface area contributed by atoms with Crippen LogP contribution in [0.1, 0.15) is 27.8 Å². The SMILES string of the molecule is CN=C(NCc1ccc(Cn2ccccc2=O)cc1)NCc1ccc(C)cc1C. The van der Waals surface area contributed by atoms with Crippen LogP contribution in [0.2, 0.25) is 0 Å². The molecule has 0 fully saturated rings. The Balaban J connectivity index is 1.53. The van der Waals surface area contributed by atoms with Crippen LogP contribution in [0.4, 0.5) is 0 Å². The standard InChI is InChI=1S/C24H28N4O/c1-18-7-12-22(19(2)14-18)16-27-24(25-3)26-15-20-8-10-21(11-9-20)17-28-13-5-4-6-23(28)29/h4-14H,15-17H2,1-3H3,(H2,25,26,27). The summed E-state index contributed by atoms with van der Waals surface area (Å²) in [5.74, 6) is 0.768. The van der Waals surface area contributed by atoms with Gasteiger partial charge in [-0.2, -0.15) is 0 Å². The van der Waals surface area contributed by atoms with Crippen molar-refractivity contribution in [1.82, 2.24) is 15.2 Å². The van der Waals surface area contributed by atoms with Gasteiger partial charge < -0.3 is 15.2 Å². The Kier molecular flexibility index (Phi) is 6.85. The molecule has 0 saturated carbocycles. The van der Waals surface area contributed by atoms with Crippen LogP contribution in [0.5, 0.6) is 0 Å². The predicted molar refractivity (Wildman–Crippen MR) is 119 cm³/mol. The van der Waals surface area contributed by atoms with Crippen LogP contribution in [0.3, 0.4) is 0 Å². The number of nitrogens with one attached hydrogen (secondary N) is 2. The zero-order valence-electron chi connectivity index (χ0n) is 17.3. The summed E-state index contributed by atoms with van der Waals surface area (Å²) in [5.41, 5.74) is 6.08. The van der Waals surface area contributed by atoms with Gasteiger partial charge in [0.1, 0.15) is 0 Å². The molecule has 0 bridgehead atoms. The molecular formula is C24H28N4O. The molecular weight excluding hydrogens is 360 g/mol. The first-order valence-corrected chi connectivity index (χ1v) is 9.79. The quantitative estimate of drug-likeness (QED) is 0.503. The molecule has 2 aromatic carbocycles. The van der Waals surface area contributed by atoms with E-state index in [0.29, 0.717) is 13.1 Å². The number of benzene rings is 2. The summed E-state index contributed by atoms with van der Waals surface area (Å²) in [4.78, 5) is 16.1. The Morgan fingerprint density at radius 3 is 2.34 bits per heavy atom. The van der Waals surface area contributed by atoms with Crippen LogP contribution < -0.4 is 16.2 Å². The van der Waals surface area contributed by atoms with Crippen molar-refractivity contribution >= 4 is 5.96 Å². The van der Waals surface area contributed by atoms with Gasteiger partial charge in [-0.3, -0.25) is 9.79 Å². The molecule has 5 nitrogen and oxygen atoms in total. The van der Waals surface area contributed by atoms with Gasteiger partial charge in [-0.05, 0) is 42.2 Å². The van der Waals surface area contributed by atoms with E-state index >= 15 is 0 Å². The second-order valence-corrected chi connectivity index (χ2v) is 7.19. The highest BCUT2D eigenvalue weighted by atomic mass is 16.1. The maximum absolute atomic E-state index is 11.8. The van der Waals surface area contributed by atoms with Gasteiger partial charge >= 0.3 is 0 Å². The average molecular weight is 389 g/mol. The van der Waals surface area contributed by atoms with Gasteiger partial charge in [0, 0.05) is 32.4 Å². The molecule has 0 radical (unpaired) electrons. The number of aryl methyl sites for hydroxylation is 2. The topological polar surface area (TPSA) is 58.4 Å². The molecule has 3 rings (SSSR count). The highest BCUT2D eigenvalue weighted by Crippen LogP contribution is 2.10. The van der Waals surface area contributed by atoms with Gasteiger partial charge in [0.05, 0.1) is 6.54 Å². The minimum Gasteiger partial charge on any atom is -0.352 e. The zero-order chi connectivity index (χ0) is 20.6. The van der Waals surface area contributed by atoms with Crippen molar-refractivity contribution in [2.24, 2.45) is 4.99 Å². The Labute approximate surface area is 172 Å². The van der Waals surface area contributed by atoms with Crippen LogP contribution in [0.15, 0.2) is 76.6 Å². The monoisotopic (exact) mass is 388 g/mol. The molecule has 0 spiro atoms. The third kappa shape index (κ3) is 5.82. The van der Waals surface area contributed by atoms with Crippen molar-refractivity contribution in [3.05, 3.63) is 105 Å². The fourth-order valence-corrected chi connectivity index (χ4v) is 3.18. The summed E-state index contributed by atoms with van der Waals surface area (Å²) in [6, 6.07) is 20.0. The van der Waals surface area contributed by atoms with Gasteiger partial charge in [0.2, 0.25) is 0 Å². The lowest BCUT2D eigenvalue weighted by Crippen LogP contribution is -2.36. The van der Waals surface area contributed by atoms with Crippen LogP contribution >= 0.6 is 0 Å². The van der Waals surface area contributed by atoms with E-state index in [1.54, 1.807) is 23.7 Å². The fraction of sp³-hybridized carbons (Fsp3) is 0.250. The predicted octanol–water partition coefficient (Wildman–Crippen LogP) is 3.38. The third-order valence-corrected chi connectivity index (χ3v) is 4.90. The number of pyridine rings is 1. The Bertz CT molecular complexity index is 1040. The van der Waals surface area contributed by atoms with E-state index in [1.165, 1.54) is 16.7 Å². The maximum Gasteiger partial charge on any atom is 0.250 e. The summed E-state index contributed by atoms with van der Waals surface area (Å²) in [6.07, 6.45) is 1.81. The van der Waals surface area contributed by atoms with E-state index in [0.717, 1.165) is 23.6 Å². The van der Waals surface area contributed by atoms with Crippen molar-refractivity contribution in [3.63, 3.8) is 0 Å². The van der Waals surface area contributed by atoms with Crippen molar-refractivity contribution < 1.29 is 0 Å². The number of hydrogen-bond acceptors (Lipinski definition) is 2. The Hall–Kier alpha value is -3.34. The van der Waals surface area contributed by atoms with Gasteiger partial charge in [-0.1, -0.05) is 54.1 Å². The molecule has 1 heterocycles. The van der Waals surface area contributed by atoms with Gasteiger partial charge in [-0.15, -0.1) is 0 Å². The number of nitrogens with zero attached hydrogens (tertiary/aromatic N) is 2. The third-order valence-electron chi connectivity index (χ3n) is 4.90. The van der Waals surface area contributed by atoms with Gasteiger partial charge in [0.25, 0.3) is 5.56 Å². The fourth-order valence-electron chi connectivity index (χ4n) is 3.18. The lowest BCUT2D eigenvalue weighted by molar-refractivity contribution is 0.758. The molecule has 5 heteroatoms. The summed E-state index contributed by atoms with van der Waals surface area (Å²) in [6.45, 7) is 6.22. The molecule has 1 aromatic heterocycles. The number of aromatic nitrogens is 1. The number of rotatable bonds is 6. The van der Waals surface area contributed by atoms with E-state index in [1.807, 2.05) is 12.3 Å². The molecule has 0 amide bonds. The van der Waals surface area contributed by atoms with Crippen molar-refractivity contribution in [3.8, 4) is 0 Å². The first-order chi connectivity index (χ1) is 14.0. The van der Waals surface area contributed by atoms with Crippen molar-refractivity contribution in [2.75, 3.05) is 7.05 Å². The molecule has 0 atom stereocenters. The highest BCUT2D eigenvalue weighted by molar-refractivity contribution is 5.79. The van der Waals surface area contributed by atoms with Crippen molar-refractivity contribution in [1.29, 1.82) is 0 Å². The molecule has 3 aromatic rings. The first kappa shape index (κ1) is 20.4. The number of hydrogen-bond donors (Lipinski definition) is 2. The smallest absolute Gasteiger partial charge is 0.250 e. The normalized spacial score (nSPS) is 11.3. The van der Waals surface area contributed by atoms with E-state index < -0.39 is 0 Å². The first-order valence-electron chi connectivity index (χ1n) is 9.79. The van der Waals surface area contributed by atoms with Crippen LogP contribution in [-0.4, -0.2) is 17.6 Å². The lowest BCUT2D eigenvalue weighted by Gasteiger charge is -2.14. The minimum absolute atomic E-state index is 0.0110. The molecule has 0 aliphatic heterocycles. The van der Waals surface area contributed by atoms with E-state index in [2.05, 4.69) is 71.9 Å². The molecule has 150 valence electrons. The second kappa shape index (κ2) is 9.73. The Morgan fingerprint density at radius 1 is 0.931 bits per heavy atom. The lowest BCUT2D eigenvalue weighted by atomic mass is 10.1. The maximum atomic E-state index is 11.8. The minimum atomic E-state index is 0.0110. The molecule has 0 unspecified atom stereocenters. The largest absolute Gasteiger partial charge is 0.352 e. The van der Waals surface area contributed by atoms with E-state index in [-0.39, 0.29) is 5.56 Å². The van der Waals surface area contributed by atoms with Gasteiger partial charge in [-0.25, -0.2) is 0 Å². The summed E-state index contributed by atoms with van der Waals surface area (Å²) in [7, 11) is 1.78. The molecule has 0 aliphatic rings. The Morgan fingerprint density at radius 2 is 1.66 bits per heavy atom. The van der Waals surface area contributed by atoms with Crippen LogP contribution in [0, 0.1) is 13.8 Å². The average Bonchev–Trinajstić information content (AvgIpc) is 2.72. The van der Waals surface area contributed by atoms with Gasteiger partial charge in [0.15, 0.2) is 5.96 Å². The summed E-state index contributed by atoms with van der Waals surface area (Å²) >= 11 is 0. The van der Waals surface area contributed by atoms with Crippen LogP contribution in [0.25, 0.3) is 0 Å². The zero-order valence-corrected chi connectivity index (χ0v) is 17.3. The molecule has 29 heavy (non-hydrogen) atoms. The summed E-state index contributed by atoms with van der Waals surface area (Å²) < 4.78 is 1.70. The number of guanidine groups is 1.